The fraction of sp³-hybridized carbons (Fsp3) is 0.250. The van der Waals surface area contributed by atoms with Crippen LogP contribution in [0.5, 0.6) is 6.01 Å². The number of thioether (sulfide) groups is 1. The topological polar surface area (TPSA) is 162 Å². The number of benzene rings is 1. The Kier molecular flexibility index (Phi) is 6.47. The molecule has 0 fully saturated rings. The largest absolute Gasteiger partial charge is 0.467 e. The second kappa shape index (κ2) is 9.04. The molecule has 14 heteroatoms. The highest BCUT2D eigenvalue weighted by atomic mass is 32.2. The number of ether oxygens (including phenoxy) is 1. The normalized spacial score (nSPS) is 11.2. The molecule has 12 nitrogen and oxygen atoms in total. The summed E-state index contributed by atoms with van der Waals surface area (Å²) in [6.07, 6.45) is 1.78. The van der Waals surface area contributed by atoms with Crippen molar-refractivity contribution in [3.05, 3.63) is 35.7 Å². The van der Waals surface area contributed by atoms with Gasteiger partial charge in [0.15, 0.2) is 0 Å². The molecule has 30 heavy (non-hydrogen) atoms. The summed E-state index contributed by atoms with van der Waals surface area (Å²) in [6, 6.07) is 5.59. The van der Waals surface area contributed by atoms with Crippen LogP contribution in [0.2, 0.25) is 0 Å². The Hall–Kier alpha value is -3.26. The molecule has 3 aromatic rings. The summed E-state index contributed by atoms with van der Waals surface area (Å²) in [6.45, 7) is 1.57. The molecule has 0 aliphatic heterocycles. The van der Waals surface area contributed by atoms with Gasteiger partial charge in [-0.3, -0.25) is 5.32 Å². The minimum absolute atomic E-state index is 0.0150. The van der Waals surface area contributed by atoms with E-state index in [0.717, 1.165) is 0 Å². The molecule has 2 amide bonds. The summed E-state index contributed by atoms with van der Waals surface area (Å²) >= 11 is 1.27. The van der Waals surface area contributed by atoms with Crippen LogP contribution in [0.1, 0.15) is 11.4 Å². The molecule has 2 heterocycles. The van der Waals surface area contributed by atoms with Gasteiger partial charge in [0.2, 0.25) is 21.9 Å². The van der Waals surface area contributed by atoms with Crippen molar-refractivity contribution in [1.29, 1.82) is 0 Å². The first-order valence-electron chi connectivity index (χ1n) is 8.33. The van der Waals surface area contributed by atoms with Crippen LogP contribution in [-0.2, 0) is 15.8 Å². The highest BCUT2D eigenvalue weighted by Gasteiger charge is 2.21. The predicted molar refractivity (Wildman–Crippen MR) is 107 cm³/mol. The number of anilines is 1. The van der Waals surface area contributed by atoms with Crippen LogP contribution in [0.15, 0.2) is 33.9 Å². The fourth-order valence-corrected chi connectivity index (χ4v) is 3.72. The molecule has 0 unspecified atom stereocenters. The van der Waals surface area contributed by atoms with Crippen molar-refractivity contribution in [2.45, 2.75) is 17.9 Å². The third-order valence-corrected chi connectivity index (χ3v) is 5.26. The van der Waals surface area contributed by atoms with E-state index in [1.54, 1.807) is 37.4 Å². The molecule has 0 spiro atoms. The molecule has 0 aliphatic carbocycles. The van der Waals surface area contributed by atoms with E-state index in [0.29, 0.717) is 16.3 Å². The quantitative estimate of drug-likeness (QED) is 0.502. The van der Waals surface area contributed by atoms with Crippen LogP contribution in [0.3, 0.4) is 0 Å². The molecule has 158 valence electrons. The number of aryl methyl sites for hydroxylation is 1. The van der Waals surface area contributed by atoms with Gasteiger partial charge in [0.05, 0.1) is 12.9 Å². The fourth-order valence-electron chi connectivity index (χ4n) is 2.37. The molecule has 0 bridgehead atoms. The molecule has 0 saturated heterocycles. The SMILES string of the molecule is COc1nc(C)nc(NC(=O)NS(=O)(=O)Cc2ccccc2-c2nnc(SC)o2)n1. The minimum atomic E-state index is -4.07. The first-order chi connectivity index (χ1) is 14.3. The molecule has 3 rings (SSSR count). The van der Waals surface area contributed by atoms with Crippen LogP contribution < -0.4 is 14.8 Å². The predicted octanol–water partition coefficient (Wildman–Crippen LogP) is 1.61. The van der Waals surface area contributed by atoms with Gasteiger partial charge in [0.25, 0.3) is 5.22 Å². The lowest BCUT2D eigenvalue weighted by atomic mass is 10.1. The molecule has 0 atom stereocenters. The number of methoxy groups -OCH3 is 1. The first kappa shape index (κ1) is 21.4. The minimum Gasteiger partial charge on any atom is -0.467 e. The summed E-state index contributed by atoms with van der Waals surface area (Å²) < 4.78 is 37.3. The summed E-state index contributed by atoms with van der Waals surface area (Å²) in [5.74, 6) is -0.170. The van der Waals surface area contributed by atoms with Gasteiger partial charge in [0.1, 0.15) is 5.82 Å². The van der Waals surface area contributed by atoms with Gasteiger partial charge >= 0.3 is 12.0 Å². The Bertz CT molecular complexity index is 1170. The number of rotatable bonds is 7. The lowest BCUT2D eigenvalue weighted by Crippen LogP contribution is -2.35. The smallest absolute Gasteiger partial charge is 0.335 e. The maximum atomic E-state index is 12.5. The standard InChI is InChI=1S/C16H17N7O5S2/c1-9-17-13(20-15(18-9)27-2)19-14(24)23-30(25,26)8-10-6-4-5-7-11(10)12-21-22-16(28-12)29-3/h4-7H,8H2,1-3H3,(H2,17,18,19,20,23,24). The number of amides is 2. The van der Waals surface area contributed by atoms with Gasteiger partial charge < -0.3 is 9.15 Å². The van der Waals surface area contributed by atoms with Gasteiger partial charge in [-0.15, -0.1) is 10.2 Å². The van der Waals surface area contributed by atoms with Crippen molar-refractivity contribution in [3.8, 4) is 17.5 Å². The zero-order valence-electron chi connectivity index (χ0n) is 16.1. The first-order valence-corrected chi connectivity index (χ1v) is 11.2. The van der Waals surface area contributed by atoms with E-state index in [1.165, 1.54) is 18.9 Å². The van der Waals surface area contributed by atoms with Crippen molar-refractivity contribution in [2.75, 3.05) is 18.7 Å². The monoisotopic (exact) mass is 451 g/mol. The third-order valence-electron chi connectivity index (χ3n) is 3.56. The molecule has 0 radical (unpaired) electrons. The molecule has 2 aromatic heterocycles. The molecular weight excluding hydrogens is 434 g/mol. The summed E-state index contributed by atoms with van der Waals surface area (Å²) in [4.78, 5) is 23.8. The number of carbonyl (C=O) groups excluding carboxylic acids is 1. The Morgan fingerprint density at radius 3 is 2.67 bits per heavy atom. The van der Waals surface area contributed by atoms with E-state index in [-0.39, 0.29) is 23.7 Å². The number of nitrogens with zero attached hydrogens (tertiary/aromatic N) is 5. The van der Waals surface area contributed by atoms with Gasteiger partial charge in [-0.2, -0.15) is 15.0 Å². The van der Waals surface area contributed by atoms with E-state index in [1.807, 2.05) is 4.72 Å². The van der Waals surface area contributed by atoms with E-state index in [2.05, 4.69) is 30.5 Å². The number of sulfonamides is 1. The van der Waals surface area contributed by atoms with Crippen molar-refractivity contribution in [2.24, 2.45) is 0 Å². The second-order valence-corrected chi connectivity index (χ2v) is 8.22. The summed E-state index contributed by atoms with van der Waals surface area (Å²) in [5, 5.41) is 10.4. The zero-order chi connectivity index (χ0) is 21.7. The van der Waals surface area contributed by atoms with E-state index >= 15 is 0 Å². The van der Waals surface area contributed by atoms with E-state index in [4.69, 9.17) is 9.15 Å². The van der Waals surface area contributed by atoms with Gasteiger partial charge in [-0.1, -0.05) is 30.0 Å². The van der Waals surface area contributed by atoms with E-state index in [9.17, 15) is 13.2 Å². The average molecular weight is 451 g/mol. The van der Waals surface area contributed by atoms with Crippen LogP contribution in [0, 0.1) is 6.92 Å². The van der Waals surface area contributed by atoms with Crippen LogP contribution in [0.4, 0.5) is 10.7 Å². The van der Waals surface area contributed by atoms with Gasteiger partial charge in [-0.05, 0) is 24.8 Å². The highest BCUT2D eigenvalue weighted by molar-refractivity contribution is 7.98. The van der Waals surface area contributed by atoms with Crippen molar-refractivity contribution < 1.29 is 22.4 Å². The summed E-state index contributed by atoms with van der Waals surface area (Å²) in [7, 11) is -2.72. The maximum Gasteiger partial charge on any atom is 0.335 e. The van der Waals surface area contributed by atoms with Crippen molar-refractivity contribution in [3.63, 3.8) is 0 Å². The number of hydrogen-bond acceptors (Lipinski definition) is 11. The molecule has 0 aliphatic rings. The number of nitrogens with one attached hydrogen (secondary N) is 2. The van der Waals surface area contributed by atoms with Gasteiger partial charge in [-0.25, -0.2) is 17.9 Å². The Balaban J connectivity index is 1.74. The van der Waals surface area contributed by atoms with Crippen LogP contribution in [0.25, 0.3) is 11.5 Å². The maximum absolute atomic E-state index is 12.5. The van der Waals surface area contributed by atoms with E-state index < -0.39 is 21.8 Å². The summed E-state index contributed by atoms with van der Waals surface area (Å²) in [5.41, 5.74) is 0.834. The second-order valence-electron chi connectivity index (χ2n) is 5.74. The lowest BCUT2D eigenvalue weighted by Gasteiger charge is -2.10. The van der Waals surface area contributed by atoms with Crippen molar-refractivity contribution >= 4 is 33.8 Å². The van der Waals surface area contributed by atoms with Crippen LogP contribution >= 0.6 is 11.8 Å². The number of aromatic nitrogens is 5. The Morgan fingerprint density at radius 1 is 1.20 bits per heavy atom. The molecule has 0 saturated carbocycles. The molecular formula is C16H17N7O5S2. The third kappa shape index (κ3) is 5.42. The number of hydrogen-bond donors (Lipinski definition) is 2. The number of urea groups is 1. The molecule has 1 aromatic carbocycles. The molecule has 2 N–H and O–H groups in total. The van der Waals surface area contributed by atoms with Crippen LogP contribution in [-0.4, -0.2) is 53.0 Å². The average Bonchev–Trinajstić information content (AvgIpc) is 3.16. The van der Waals surface area contributed by atoms with Gasteiger partial charge in [0, 0.05) is 5.56 Å². The zero-order valence-corrected chi connectivity index (χ0v) is 17.7. The lowest BCUT2D eigenvalue weighted by molar-refractivity contribution is 0.256. The van der Waals surface area contributed by atoms with Crippen molar-refractivity contribution in [1.82, 2.24) is 29.9 Å². The Morgan fingerprint density at radius 2 is 1.97 bits per heavy atom. The number of carbonyl (C=O) groups is 1. The highest BCUT2D eigenvalue weighted by Crippen LogP contribution is 2.26. The Labute approximate surface area is 175 Å².